The lowest BCUT2D eigenvalue weighted by molar-refractivity contribution is -0.145. The topological polar surface area (TPSA) is 168 Å². The quantitative estimate of drug-likeness (QED) is 0.235. The number of hydrazine groups is 1. The smallest absolute Gasteiger partial charge is 0.330 e. The van der Waals surface area contributed by atoms with E-state index in [-0.39, 0.29) is 18.8 Å². The number of allylic oxidation sites excluding steroid dienone is 1. The molecule has 0 spiro atoms. The van der Waals surface area contributed by atoms with Gasteiger partial charge in [-0.1, -0.05) is 6.08 Å². The Morgan fingerprint density at radius 1 is 1.19 bits per heavy atom. The summed E-state index contributed by atoms with van der Waals surface area (Å²) in [5.74, 6) is -4.27. The minimum Gasteiger partial charge on any atom is -0.463 e. The second-order valence-corrected chi connectivity index (χ2v) is 6.49. The van der Waals surface area contributed by atoms with Gasteiger partial charge in [-0.25, -0.2) is 9.80 Å². The minimum atomic E-state index is -0.937. The van der Waals surface area contributed by atoms with E-state index in [0.717, 1.165) is 12.2 Å². The van der Waals surface area contributed by atoms with Crippen LogP contribution in [-0.2, 0) is 33.5 Å². The number of carbonyl (C=O) groups is 6. The Kier molecular flexibility index (Phi) is 9.89. The number of nitrogens with two attached hydrogens (primary N) is 1. The molecule has 12 heteroatoms. The van der Waals surface area contributed by atoms with Gasteiger partial charge >= 0.3 is 5.97 Å². The number of likely N-dealkylation sites (tertiary alicyclic amines) is 1. The van der Waals surface area contributed by atoms with Crippen molar-refractivity contribution < 1.29 is 33.5 Å². The highest BCUT2D eigenvalue weighted by Crippen LogP contribution is 2.19. The summed E-state index contributed by atoms with van der Waals surface area (Å²) in [6.07, 6.45) is 3.93. The maximum Gasteiger partial charge on any atom is 0.330 e. The van der Waals surface area contributed by atoms with Crippen LogP contribution in [0.15, 0.2) is 23.9 Å². The van der Waals surface area contributed by atoms with Gasteiger partial charge in [-0.3, -0.25) is 29.4 Å². The fourth-order valence-electron chi connectivity index (χ4n) is 2.83. The highest BCUT2D eigenvalue weighted by molar-refractivity contribution is 6.01. The first-order valence-electron chi connectivity index (χ1n) is 9.60. The molecular formula is C19H27N5O7. The molecule has 0 aromatic heterocycles. The molecule has 1 rings (SSSR count). The van der Waals surface area contributed by atoms with Crippen LogP contribution in [0, 0.1) is 0 Å². The van der Waals surface area contributed by atoms with Gasteiger partial charge in [0, 0.05) is 25.6 Å². The zero-order chi connectivity index (χ0) is 23.6. The van der Waals surface area contributed by atoms with E-state index in [1.165, 1.54) is 17.9 Å². The molecule has 1 heterocycles. The molecule has 0 aromatic carbocycles. The second-order valence-electron chi connectivity index (χ2n) is 6.49. The molecule has 12 nitrogen and oxygen atoms in total. The van der Waals surface area contributed by atoms with E-state index in [1.54, 1.807) is 13.8 Å². The molecular weight excluding hydrogens is 410 g/mol. The number of amides is 5. The molecule has 31 heavy (non-hydrogen) atoms. The molecule has 0 radical (unpaired) electrons. The number of nitrogens with one attached hydrogen (secondary N) is 2. The van der Waals surface area contributed by atoms with E-state index in [9.17, 15) is 28.8 Å². The second kappa shape index (κ2) is 12.1. The van der Waals surface area contributed by atoms with Gasteiger partial charge in [-0.15, -0.1) is 0 Å². The molecule has 1 atom stereocenters. The molecule has 0 bridgehead atoms. The Bertz CT molecular complexity index is 805. The molecule has 5 amide bonds. The predicted molar refractivity (Wildman–Crippen MR) is 107 cm³/mol. The van der Waals surface area contributed by atoms with Crippen molar-refractivity contribution in [3.8, 4) is 0 Å². The van der Waals surface area contributed by atoms with Crippen molar-refractivity contribution in [2.45, 2.75) is 39.7 Å². The number of hydrogen-bond donors (Lipinski definition) is 3. The summed E-state index contributed by atoms with van der Waals surface area (Å²) in [6, 6.07) is -0.937. The zero-order valence-electron chi connectivity index (χ0n) is 17.7. The Morgan fingerprint density at radius 3 is 2.42 bits per heavy atom. The van der Waals surface area contributed by atoms with Crippen LogP contribution in [0.5, 0.6) is 0 Å². The summed E-state index contributed by atoms with van der Waals surface area (Å²) in [7, 11) is 0. The van der Waals surface area contributed by atoms with E-state index in [4.69, 9.17) is 5.73 Å². The third-order valence-corrected chi connectivity index (χ3v) is 4.12. The van der Waals surface area contributed by atoms with Gasteiger partial charge in [0.05, 0.1) is 6.61 Å². The van der Waals surface area contributed by atoms with Crippen LogP contribution in [0.3, 0.4) is 0 Å². The highest BCUT2D eigenvalue weighted by Gasteiger charge is 2.36. The number of hydrogen-bond acceptors (Lipinski definition) is 7. The lowest BCUT2D eigenvalue weighted by Crippen LogP contribution is -2.55. The Hall–Kier alpha value is -3.70. The molecule has 170 valence electrons. The van der Waals surface area contributed by atoms with Gasteiger partial charge in [0.15, 0.2) is 0 Å². The van der Waals surface area contributed by atoms with Gasteiger partial charge in [0.2, 0.25) is 11.8 Å². The summed E-state index contributed by atoms with van der Waals surface area (Å²) in [5, 5.41) is 3.05. The van der Waals surface area contributed by atoms with Crippen molar-refractivity contribution in [3.63, 3.8) is 0 Å². The third kappa shape index (κ3) is 7.91. The molecule has 0 aromatic rings. The van der Waals surface area contributed by atoms with Crippen molar-refractivity contribution in [2.75, 3.05) is 19.7 Å². The monoisotopic (exact) mass is 437 g/mol. The summed E-state index contributed by atoms with van der Waals surface area (Å²) >= 11 is 0. The first kappa shape index (κ1) is 25.3. The predicted octanol–water partition coefficient (Wildman–Crippen LogP) is -1.52. The first-order chi connectivity index (χ1) is 14.6. The average Bonchev–Trinajstić information content (AvgIpc) is 3.18. The van der Waals surface area contributed by atoms with E-state index < -0.39 is 48.1 Å². The van der Waals surface area contributed by atoms with Gasteiger partial charge in [0.25, 0.3) is 17.7 Å². The summed E-state index contributed by atoms with van der Waals surface area (Å²) in [6.45, 7) is 4.13. The molecule has 1 fully saturated rings. The van der Waals surface area contributed by atoms with Crippen molar-refractivity contribution in [1.29, 1.82) is 0 Å². The number of carbonyl (C=O) groups excluding carboxylic acids is 6. The number of nitrogens with zero attached hydrogens (tertiary/aromatic N) is 2. The summed E-state index contributed by atoms with van der Waals surface area (Å²) < 4.78 is 4.66. The van der Waals surface area contributed by atoms with E-state index >= 15 is 0 Å². The highest BCUT2D eigenvalue weighted by atomic mass is 16.5. The summed E-state index contributed by atoms with van der Waals surface area (Å²) in [4.78, 5) is 73.0. The van der Waals surface area contributed by atoms with Crippen molar-refractivity contribution in [2.24, 2.45) is 5.73 Å². The Balaban J connectivity index is 2.94. The van der Waals surface area contributed by atoms with Crippen LogP contribution < -0.4 is 16.5 Å². The standard InChI is InChI=1S/C19H27N5O7/c1-4-13(21-12(3)25)19(30)23-10-6-7-14(23)18(29)22-24(11-15(20)26)16(27)8-9-17(28)31-5-2/h4,8-9,14H,5-7,10-11H2,1-3H3,(H2,20,26)(H,21,25)(H,22,29)/b9-8+,13-4-/t14-/m0/s1. The fraction of sp³-hybridized carbons (Fsp3) is 0.474. The van der Waals surface area contributed by atoms with Gasteiger partial charge < -0.3 is 20.7 Å². The van der Waals surface area contributed by atoms with Crippen LogP contribution in [-0.4, -0.2) is 71.2 Å². The molecule has 1 aliphatic heterocycles. The van der Waals surface area contributed by atoms with Crippen LogP contribution >= 0.6 is 0 Å². The maximum atomic E-state index is 12.8. The minimum absolute atomic E-state index is 0.0228. The van der Waals surface area contributed by atoms with Gasteiger partial charge in [-0.2, -0.15) is 0 Å². The van der Waals surface area contributed by atoms with Gasteiger partial charge in [-0.05, 0) is 26.7 Å². The fourth-order valence-corrected chi connectivity index (χ4v) is 2.83. The first-order valence-corrected chi connectivity index (χ1v) is 9.60. The molecule has 0 aliphatic carbocycles. The number of esters is 1. The largest absolute Gasteiger partial charge is 0.463 e. The SMILES string of the molecule is C/C=C(\NC(C)=O)C(=O)N1CCC[C@H]1C(=O)NN(CC(N)=O)C(=O)/C=C/C(=O)OCC. The van der Waals surface area contributed by atoms with Crippen LogP contribution in [0.25, 0.3) is 0 Å². The van der Waals surface area contributed by atoms with Gasteiger partial charge in [0.1, 0.15) is 18.3 Å². The van der Waals surface area contributed by atoms with Crippen molar-refractivity contribution in [1.82, 2.24) is 20.7 Å². The molecule has 4 N–H and O–H groups in total. The molecule has 1 saturated heterocycles. The molecule has 0 saturated carbocycles. The van der Waals surface area contributed by atoms with E-state index in [1.807, 2.05) is 0 Å². The van der Waals surface area contributed by atoms with E-state index in [0.29, 0.717) is 17.9 Å². The van der Waals surface area contributed by atoms with Crippen molar-refractivity contribution in [3.05, 3.63) is 23.9 Å². The van der Waals surface area contributed by atoms with Crippen LogP contribution in [0.1, 0.15) is 33.6 Å². The lowest BCUT2D eigenvalue weighted by atomic mass is 10.2. The zero-order valence-corrected chi connectivity index (χ0v) is 17.7. The average molecular weight is 437 g/mol. The van der Waals surface area contributed by atoms with Crippen molar-refractivity contribution >= 4 is 35.5 Å². The Labute approximate surface area is 179 Å². The normalized spacial score (nSPS) is 16.0. The van der Waals surface area contributed by atoms with Crippen LogP contribution in [0.4, 0.5) is 0 Å². The number of ether oxygens (including phenoxy) is 1. The number of rotatable bonds is 8. The maximum absolute atomic E-state index is 12.8. The molecule has 0 unspecified atom stereocenters. The third-order valence-electron chi connectivity index (χ3n) is 4.12. The number of primary amides is 1. The Morgan fingerprint density at radius 2 is 1.87 bits per heavy atom. The summed E-state index contributed by atoms with van der Waals surface area (Å²) in [5.41, 5.74) is 7.42. The lowest BCUT2D eigenvalue weighted by Gasteiger charge is -2.28. The van der Waals surface area contributed by atoms with Crippen LogP contribution in [0.2, 0.25) is 0 Å². The van der Waals surface area contributed by atoms with E-state index in [2.05, 4.69) is 15.5 Å². The molecule has 1 aliphatic rings.